The van der Waals surface area contributed by atoms with E-state index in [-0.39, 0.29) is 18.0 Å². The highest BCUT2D eigenvalue weighted by Crippen LogP contribution is 2.19. The van der Waals surface area contributed by atoms with Crippen LogP contribution in [0.2, 0.25) is 0 Å². The fourth-order valence-corrected chi connectivity index (χ4v) is 2.11. The largest absolute Gasteiger partial charge is 0.351 e. The molecule has 2 aromatic heterocycles. The van der Waals surface area contributed by atoms with Crippen molar-refractivity contribution in [1.82, 2.24) is 20.4 Å². The number of nitrogens with one attached hydrogen (secondary N) is 1. The van der Waals surface area contributed by atoms with Gasteiger partial charge in [0.1, 0.15) is 5.82 Å². The van der Waals surface area contributed by atoms with E-state index in [1.807, 2.05) is 37.3 Å². The smallest absolute Gasteiger partial charge is 0.252 e. The molecule has 2 heterocycles. The van der Waals surface area contributed by atoms with Crippen molar-refractivity contribution in [3.63, 3.8) is 0 Å². The van der Waals surface area contributed by atoms with Crippen LogP contribution in [0.3, 0.4) is 0 Å². The molecule has 1 atom stereocenters. The van der Waals surface area contributed by atoms with Gasteiger partial charge in [-0.3, -0.25) is 9.78 Å². The van der Waals surface area contributed by atoms with Crippen LogP contribution in [0.5, 0.6) is 0 Å². The van der Waals surface area contributed by atoms with Crippen molar-refractivity contribution < 1.29 is 13.7 Å². The molecule has 122 valence electrons. The maximum Gasteiger partial charge on any atom is 0.252 e. The Kier molecular flexibility index (Phi) is 4.60. The van der Waals surface area contributed by atoms with E-state index < -0.39 is 11.7 Å². The van der Waals surface area contributed by atoms with Gasteiger partial charge >= 0.3 is 0 Å². The Balaban J connectivity index is 1.62. The predicted molar refractivity (Wildman–Crippen MR) is 84.7 cm³/mol. The highest BCUT2D eigenvalue weighted by molar-refractivity contribution is 5.93. The summed E-state index contributed by atoms with van der Waals surface area (Å²) in [5.41, 5.74) is 1.02. The molecular weight excluding hydrogens is 311 g/mol. The van der Waals surface area contributed by atoms with Crippen LogP contribution in [0.15, 0.2) is 53.3 Å². The Morgan fingerprint density at radius 2 is 2.08 bits per heavy atom. The van der Waals surface area contributed by atoms with Crippen molar-refractivity contribution in [3.8, 4) is 11.4 Å². The Bertz CT molecular complexity index is 835. The zero-order chi connectivity index (χ0) is 16.9. The number of aromatic nitrogens is 3. The van der Waals surface area contributed by atoms with E-state index in [4.69, 9.17) is 4.52 Å². The molecule has 24 heavy (non-hydrogen) atoms. The third kappa shape index (κ3) is 3.62. The Hall–Kier alpha value is -3.09. The first-order valence-electron chi connectivity index (χ1n) is 7.41. The molecule has 0 spiro atoms. The van der Waals surface area contributed by atoms with Gasteiger partial charge in [-0.2, -0.15) is 4.98 Å². The first kappa shape index (κ1) is 15.8. The summed E-state index contributed by atoms with van der Waals surface area (Å²) in [5, 5.41) is 6.65. The molecule has 0 aliphatic carbocycles. The van der Waals surface area contributed by atoms with Crippen LogP contribution >= 0.6 is 0 Å². The minimum atomic E-state index is -0.555. The minimum absolute atomic E-state index is 0.165. The summed E-state index contributed by atoms with van der Waals surface area (Å²) in [4.78, 5) is 20.0. The fraction of sp³-hybridized carbons (Fsp3) is 0.176. The first-order chi connectivity index (χ1) is 11.6. The molecule has 0 fully saturated rings. The molecular formula is C17H15FN4O2. The van der Waals surface area contributed by atoms with E-state index in [0.29, 0.717) is 11.7 Å². The van der Waals surface area contributed by atoms with Crippen LogP contribution in [0, 0.1) is 5.82 Å². The van der Waals surface area contributed by atoms with E-state index in [1.165, 1.54) is 6.20 Å². The number of hydrogen-bond acceptors (Lipinski definition) is 5. The monoisotopic (exact) mass is 326 g/mol. The third-order valence-electron chi connectivity index (χ3n) is 3.43. The van der Waals surface area contributed by atoms with Gasteiger partial charge in [-0.15, -0.1) is 0 Å². The number of carbonyl (C=O) groups is 1. The van der Waals surface area contributed by atoms with Crippen molar-refractivity contribution in [2.75, 3.05) is 6.54 Å². The normalized spacial score (nSPS) is 11.9. The van der Waals surface area contributed by atoms with Gasteiger partial charge < -0.3 is 9.84 Å². The summed E-state index contributed by atoms with van der Waals surface area (Å²) in [6, 6.07) is 10.6. The van der Waals surface area contributed by atoms with Crippen LogP contribution in [0.25, 0.3) is 11.4 Å². The Morgan fingerprint density at radius 3 is 2.83 bits per heavy atom. The minimum Gasteiger partial charge on any atom is -0.351 e. The number of amides is 1. The lowest BCUT2D eigenvalue weighted by Crippen LogP contribution is -2.27. The number of rotatable bonds is 5. The third-order valence-corrected chi connectivity index (χ3v) is 3.43. The molecule has 1 aromatic carbocycles. The van der Waals surface area contributed by atoms with Crippen molar-refractivity contribution in [2.45, 2.75) is 12.8 Å². The number of pyridine rings is 1. The second-order valence-electron chi connectivity index (χ2n) is 5.33. The van der Waals surface area contributed by atoms with E-state index >= 15 is 0 Å². The van der Waals surface area contributed by atoms with Crippen LogP contribution in [0.1, 0.15) is 29.1 Å². The molecule has 7 heteroatoms. The zero-order valence-corrected chi connectivity index (χ0v) is 12.9. The van der Waals surface area contributed by atoms with Crippen LogP contribution < -0.4 is 5.32 Å². The highest BCUT2D eigenvalue weighted by atomic mass is 19.1. The summed E-state index contributed by atoms with van der Waals surface area (Å²) in [6.45, 7) is 2.14. The fourth-order valence-electron chi connectivity index (χ4n) is 2.11. The molecule has 0 bridgehead atoms. The Labute approximate surface area is 137 Å². The van der Waals surface area contributed by atoms with Crippen LogP contribution in [-0.2, 0) is 0 Å². The summed E-state index contributed by atoms with van der Waals surface area (Å²) < 4.78 is 18.3. The number of benzene rings is 1. The van der Waals surface area contributed by atoms with Crippen LogP contribution in [0.4, 0.5) is 4.39 Å². The van der Waals surface area contributed by atoms with Crippen molar-refractivity contribution in [2.24, 2.45) is 0 Å². The van der Waals surface area contributed by atoms with E-state index in [0.717, 1.165) is 17.8 Å². The maximum absolute atomic E-state index is 13.1. The number of halogens is 1. The topological polar surface area (TPSA) is 80.9 Å². The van der Waals surface area contributed by atoms with Gasteiger partial charge in [0.25, 0.3) is 5.91 Å². The average Bonchev–Trinajstić information content (AvgIpc) is 3.10. The SMILES string of the molecule is C[C@@H](CNC(=O)c1cncc(F)c1)c1nc(-c2ccccc2)no1. The molecule has 0 aliphatic heterocycles. The molecule has 1 N–H and O–H groups in total. The molecule has 0 unspecified atom stereocenters. The molecule has 0 aliphatic rings. The van der Waals surface area contributed by atoms with E-state index in [9.17, 15) is 9.18 Å². The zero-order valence-electron chi connectivity index (χ0n) is 12.9. The van der Waals surface area contributed by atoms with Crippen LogP contribution in [-0.4, -0.2) is 27.6 Å². The van der Waals surface area contributed by atoms with Gasteiger partial charge in [-0.25, -0.2) is 4.39 Å². The van der Waals surface area contributed by atoms with Crippen molar-refractivity contribution >= 4 is 5.91 Å². The first-order valence-corrected chi connectivity index (χ1v) is 7.41. The molecule has 1 amide bonds. The average molecular weight is 326 g/mol. The second-order valence-corrected chi connectivity index (χ2v) is 5.33. The lowest BCUT2D eigenvalue weighted by atomic mass is 10.1. The summed E-state index contributed by atoms with van der Waals surface area (Å²) >= 11 is 0. The van der Waals surface area contributed by atoms with Gasteiger partial charge in [-0.1, -0.05) is 42.4 Å². The molecule has 0 saturated heterocycles. The molecule has 3 aromatic rings. The quantitative estimate of drug-likeness (QED) is 0.780. The number of carbonyl (C=O) groups excluding carboxylic acids is 1. The van der Waals surface area contributed by atoms with Gasteiger partial charge in [0.2, 0.25) is 11.7 Å². The predicted octanol–water partition coefficient (Wildman–Crippen LogP) is 2.80. The van der Waals surface area contributed by atoms with Gasteiger partial charge in [0.15, 0.2) is 0 Å². The summed E-state index contributed by atoms with van der Waals surface area (Å²) in [5.74, 6) is -0.221. The molecule has 0 saturated carbocycles. The standard InChI is InChI=1S/C17H15FN4O2/c1-11(8-20-16(23)13-7-14(18)10-19-9-13)17-21-15(22-24-17)12-5-3-2-4-6-12/h2-7,9-11H,8H2,1H3,(H,20,23)/t11-/m0/s1. The van der Waals surface area contributed by atoms with Gasteiger partial charge in [-0.05, 0) is 6.07 Å². The lowest BCUT2D eigenvalue weighted by Gasteiger charge is -2.08. The summed E-state index contributed by atoms with van der Waals surface area (Å²) in [6.07, 6.45) is 2.35. The number of hydrogen-bond donors (Lipinski definition) is 1. The van der Waals surface area contributed by atoms with Gasteiger partial charge in [0.05, 0.1) is 17.7 Å². The molecule has 6 nitrogen and oxygen atoms in total. The second kappa shape index (κ2) is 6.99. The van der Waals surface area contributed by atoms with Gasteiger partial charge in [0, 0.05) is 18.3 Å². The van der Waals surface area contributed by atoms with E-state index in [2.05, 4.69) is 20.4 Å². The molecule has 0 radical (unpaired) electrons. The Morgan fingerprint density at radius 1 is 1.29 bits per heavy atom. The maximum atomic E-state index is 13.1. The summed E-state index contributed by atoms with van der Waals surface area (Å²) in [7, 11) is 0. The number of nitrogens with zero attached hydrogens (tertiary/aromatic N) is 3. The molecule has 3 rings (SSSR count). The lowest BCUT2D eigenvalue weighted by molar-refractivity contribution is 0.0949. The van der Waals surface area contributed by atoms with E-state index in [1.54, 1.807) is 0 Å². The van der Waals surface area contributed by atoms with Crippen molar-refractivity contribution in [3.05, 3.63) is 66.1 Å². The van der Waals surface area contributed by atoms with Crippen molar-refractivity contribution in [1.29, 1.82) is 0 Å². The highest BCUT2D eigenvalue weighted by Gasteiger charge is 2.17.